The van der Waals surface area contributed by atoms with Crippen LogP contribution in [0.25, 0.3) is 0 Å². The molecule has 0 aromatic heterocycles. The maximum Gasteiger partial charge on any atom is 0.138 e. The molecule has 3 N–H and O–H groups in total. The zero-order chi connectivity index (χ0) is 9.97. The molecule has 0 bridgehead atoms. The van der Waals surface area contributed by atoms with Crippen molar-refractivity contribution in [3.63, 3.8) is 0 Å². The van der Waals surface area contributed by atoms with E-state index in [9.17, 15) is 10.2 Å². The lowest BCUT2D eigenvalue weighted by atomic mass is 10.2. The lowest BCUT2D eigenvalue weighted by Crippen LogP contribution is -2.31. The third-order valence-corrected chi connectivity index (χ3v) is 2.30. The number of ether oxygens (including phenoxy) is 1. The first-order valence-electron chi connectivity index (χ1n) is 4.58. The molecule has 0 radical (unpaired) electrons. The van der Waals surface area contributed by atoms with E-state index in [0.717, 1.165) is 0 Å². The fraction of sp³-hybridized carbons (Fsp3) is 0.400. The smallest absolute Gasteiger partial charge is 0.138 e. The van der Waals surface area contributed by atoms with Crippen LogP contribution in [0, 0.1) is 0 Å². The molecule has 1 aliphatic rings. The molecule has 0 saturated carbocycles. The van der Waals surface area contributed by atoms with Gasteiger partial charge in [-0.2, -0.15) is 0 Å². The maximum atomic E-state index is 9.47. The number of hydrogen-bond donors (Lipinski definition) is 3. The Balaban J connectivity index is 2.07. The average molecular weight is 195 g/mol. The van der Waals surface area contributed by atoms with Crippen molar-refractivity contribution in [3.8, 4) is 5.75 Å². The molecule has 4 nitrogen and oxygen atoms in total. The van der Waals surface area contributed by atoms with Crippen LogP contribution >= 0.6 is 0 Å². The minimum absolute atomic E-state index is 0.136. The average Bonchev–Trinajstić information content (AvgIpc) is 2.56. The third-order valence-electron chi connectivity index (χ3n) is 2.30. The van der Waals surface area contributed by atoms with Gasteiger partial charge in [-0.3, -0.25) is 0 Å². The topological polar surface area (TPSA) is 61.7 Å². The van der Waals surface area contributed by atoms with Gasteiger partial charge >= 0.3 is 0 Å². The van der Waals surface area contributed by atoms with E-state index in [1.165, 1.54) is 0 Å². The van der Waals surface area contributed by atoms with Crippen molar-refractivity contribution in [2.75, 3.05) is 18.5 Å². The summed E-state index contributed by atoms with van der Waals surface area (Å²) in [6.07, 6.45) is -0.505. The number of rotatable bonds is 2. The number of hydrogen-bond acceptors (Lipinski definition) is 4. The number of phenols is 1. The minimum Gasteiger partial charge on any atom is -0.506 e. The second-order valence-electron chi connectivity index (χ2n) is 3.37. The number of nitrogens with one attached hydrogen (secondary N) is 1. The first kappa shape index (κ1) is 9.30. The predicted molar refractivity (Wildman–Crippen MR) is 52.3 cm³/mol. The summed E-state index contributed by atoms with van der Waals surface area (Å²) in [5.41, 5.74) is 0.627. The summed E-state index contributed by atoms with van der Waals surface area (Å²) in [5, 5.41) is 22.0. The van der Waals surface area contributed by atoms with Crippen LogP contribution in [0.2, 0.25) is 0 Å². The SMILES string of the molecule is Oc1ccccc1NC1COCC1O. The van der Waals surface area contributed by atoms with Gasteiger partial charge in [0, 0.05) is 0 Å². The Morgan fingerprint density at radius 3 is 2.71 bits per heavy atom. The zero-order valence-electron chi connectivity index (χ0n) is 7.68. The van der Waals surface area contributed by atoms with Crippen LogP contribution < -0.4 is 5.32 Å². The van der Waals surface area contributed by atoms with Gasteiger partial charge in [-0.25, -0.2) is 0 Å². The molecule has 0 aliphatic carbocycles. The molecule has 0 amide bonds. The van der Waals surface area contributed by atoms with E-state index in [-0.39, 0.29) is 11.8 Å². The van der Waals surface area contributed by atoms with Crippen molar-refractivity contribution >= 4 is 5.69 Å². The second-order valence-corrected chi connectivity index (χ2v) is 3.37. The van der Waals surface area contributed by atoms with E-state index < -0.39 is 6.10 Å². The van der Waals surface area contributed by atoms with Gasteiger partial charge in [0.05, 0.1) is 31.0 Å². The van der Waals surface area contributed by atoms with E-state index in [1.807, 2.05) is 6.07 Å². The summed E-state index contributed by atoms with van der Waals surface area (Å²) < 4.78 is 5.09. The fourth-order valence-corrected chi connectivity index (χ4v) is 1.48. The highest BCUT2D eigenvalue weighted by Gasteiger charge is 2.26. The van der Waals surface area contributed by atoms with Gasteiger partial charge in [-0.05, 0) is 12.1 Å². The van der Waals surface area contributed by atoms with Gasteiger partial charge in [-0.1, -0.05) is 12.1 Å². The monoisotopic (exact) mass is 195 g/mol. The van der Waals surface area contributed by atoms with Crippen molar-refractivity contribution in [1.82, 2.24) is 0 Å². The van der Waals surface area contributed by atoms with Gasteiger partial charge in [0.25, 0.3) is 0 Å². The number of aliphatic hydroxyl groups excluding tert-OH is 1. The Labute approximate surface area is 82.1 Å². The van der Waals surface area contributed by atoms with Crippen LogP contribution in [-0.4, -0.2) is 35.6 Å². The molecule has 2 atom stereocenters. The molecular weight excluding hydrogens is 182 g/mol. The molecule has 1 fully saturated rings. The van der Waals surface area contributed by atoms with Gasteiger partial charge in [0.1, 0.15) is 5.75 Å². The molecule has 76 valence electrons. The Morgan fingerprint density at radius 2 is 2.07 bits per heavy atom. The molecule has 2 rings (SSSR count). The standard InChI is InChI=1S/C10H13NO3/c12-9-4-2-1-3-7(9)11-8-5-14-6-10(8)13/h1-4,8,10-13H,5-6H2. The van der Waals surface area contributed by atoms with Crippen LogP contribution in [0.1, 0.15) is 0 Å². The van der Waals surface area contributed by atoms with E-state index in [1.54, 1.807) is 18.2 Å². The highest BCUT2D eigenvalue weighted by Crippen LogP contribution is 2.23. The number of para-hydroxylation sites is 2. The molecule has 4 heteroatoms. The van der Waals surface area contributed by atoms with Crippen LogP contribution in [0.3, 0.4) is 0 Å². The maximum absolute atomic E-state index is 9.47. The molecule has 14 heavy (non-hydrogen) atoms. The lowest BCUT2D eigenvalue weighted by molar-refractivity contribution is 0.125. The summed E-state index contributed by atoms with van der Waals surface area (Å²) >= 11 is 0. The lowest BCUT2D eigenvalue weighted by Gasteiger charge is -2.16. The molecular formula is C10H13NO3. The van der Waals surface area contributed by atoms with E-state index >= 15 is 0 Å². The van der Waals surface area contributed by atoms with Crippen molar-refractivity contribution in [1.29, 1.82) is 0 Å². The quantitative estimate of drug-likeness (QED) is 0.603. The summed E-state index contributed by atoms with van der Waals surface area (Å²) in [6.45, 7) is 0.820. The normalized spacial score (nSPS) is 26.4. The Bertz CT molecular complexity index is 316. The Kier molecular flexibility index (Phi) is 2.56. The number of phenolic OH excluding ortho intramolecular Hbond substituents is 1. The molecule has 1 aromatic carbocycles. The number of aliphatic hydroxyl groups is 1. The third kappa shape index (κ3) is 1.81. The molecule has 1 heterocycles. The van der Waals surface area contributed by atoms with Gasteiger partial charge in [-0.15, -0.1) is 0 Å². The second kappa shape index (κ2) is 3.86. The van der Waals surface area contributed by atoms with Crippen molar-refractivity contribution < 1.29 is 14.9 Å². The summed E-state index contributed by atoms with van der Waals surface area (Å²) in [5.74, 6) is 0.187. The molecule has 1 aromatic rings. The number of anilines is 1. The first-order valence-corrected chi connectivity index (χ1v) is 4.58. The number of benzene rings is 1. The molecule has 1 aliphatic heterocycles. The molecule has 0 spiro atoms. The molecule has 1 saturated heterocycles. The van der Waals surface area contributed by atoms with Crippen LogP contribution in [0.5, 0.6) is 5.75 Å². The molecule has 2 unspecified atom stereocenters. The Morgan fingerprint density at radius 1 is 1.29 bits per heavy atom. The summed E-state index contributed by atoms with van der Waals surface area (Å²) in [4.78, 5) is 0. The largest absolute Gasteiger partial charge is 0.506 e. The van der Waals surface area contributed by atoms with Gasteiger partial charge in [0.15, 0.2) is 0 Å². The van der Waals surface area contributed by atoms with Crippen molar-refractivity contribution in [2.45, 2.75) is 12.1 Å². The van der Waals surface area contributed by atoms with Crippen LogP contribution in [-0.2, 0) is 4.74 Å². The minimum atomic E-state index is -0.505. The summed E-state index contributed by atoms with van der Waals surface area (Å²) in [6, 6.07) is 6.81. The van der Waals surface area contributed by atoms with Gasteiger partial charge in [0.2, 0.25) is 0 Å². The van der Waals surface area contributed by atoms with E-state index in [0.29, 0.717) is 18.9 Å². The fourth-order valence-electron chi connectivity index (χ4n) is 1.48. The zero-order valence-corrected chi connectivity index (χ0v) is 7.68. The van der Waals surface area contributed by atoms with E-state index in [4.69, 9.17) is 4.74 Å². The first-order chi connectivity index (χ1) is 6.77. The summed E-state index contributed by atoms with van der Waals surface area (Å²) in [7, 11) is 0. The van der Waals surface area contributed by atoms with Crippen molar-refractivity contribution in [2.24, 2.45) is 0 Å². The predicted octanol–water partition coefficient (Wildman–Crippen LogP) is 0.564. The number of aromatic hydroxyl groups is 1. The Hall–Kier alpha value is -1.26. The van der Waals surface area contributed by atoms with Crippen molar-refractivity contribution in [3.05, 3.63) is 24.3 Å². The highest BCUT2D eigenvalue weighted by molar-refractivity contribution is 5.56. The van der Waals surface area contributed by atoms with Crippen LogP contribution in [0.15, 0.2) is 24.3 Å². The van der Waals surface area contributed by atoms with Gasteiger partial charge < -0.3 is 20.3 Å². The highest BCUT2D eigenvalue weighted by atomic mass is 16.5. The van der Waals surface area contributed by atoms with Crippen LogP contribution in [0.4, 0.5) is 5.69 Å². The van der Waals surface area contributed by atoms with E-state index in [2.05, 4.69) is 5.32 Å².